The molecule has 110 valence electrons. The summed E-state index contributed by atoms with van der Waals surface area (Å²) < 4.78 is 10.9. The quantitative estimate of drug-likeness (QED) is 0.755. The first-order chi connectivity index (χ1) is 10.8. The topological polar surface area (TPSA) is 89.1 Å². The highest BCUT2D eigenvalue weighted by molar-refractivity contribution is 6.05. The Kier molecular flexibility index (Phi) is 2.89. The number of carbonyl (C=O) groups is 1. The summed E-state index contributed by atoms with van der Waals surface area (Å²) >= 11 is 0. The lowest BCUT2D eigenvalue weighted by atomic mass is 10.2. The van der Waals surface area contributed by atoms with Crippen LogP contribution in [0.1, 0.15) is 10.4 Å². The van der Waals surface area contributed by atoms with E-state index in [1.54, 1.807) is 30.6 Å². The zero-order chi connectivity index (χ0) is 14.9. The third-order valence-electron chi connectivity index (χ3n) is 3.34. The summed E-state index contributed by atoms with van der Waals surface area (Å²) in [6.07, 6.45) is 3.04. The second-order valence-electron chi connectivity index (χ2n) is 4.81. The average molecular weight is 296 g/mol. The Morgan fingerprint density at radius 2 is 2.00 bits per heavy atom. The van der Waals surface area contributed by atoms with E-state index in [-0.39, 0.29) is 5.91 Å². The molecule has 2 N–H and O–H groups in total. The Morgan fingerprint density at radius 3 is 2.91 bits per heavy atom. The number of fused-ring (bicyclic) bond motifs is 2. The summed E-state index contributed by atoms with van der Waals surface area (Å²) in [6.45, 7) is 1.04. The summed E-state index contributed by atoms with van der Waals surface area (Å²) in [4.78, 5) is 23.4. The molecule has 0 aliphatic carbocycles. The SMILES string of the molecule is O=C(Nc1ccc2c(c1)OCCO2)c1cnc2nc[nH]c2c1. The fourth-order valence-corrected chi connectivity index (χ4v) is 2.28. The fraction of sp³-hybridized carbons (Fsp3) is 0.133. The van der Waals surface area contributed by atoms with Crippen molar-refractivity contribution in [2.24, 2.45) is 0 Å². The van der Waals surface area contributed by atoms with Crippen molar-refractivity contribution in [3.63, 3.8) is 0 Å². The average Bonchev–Trinajstić information content (AvgIpc) is 3.02. The third kappa shape index (κ3) is 2.22. The van der Waals surface area contributed by atoms with Gasteiger partial charge >= 0.3 is 0 Å². The predicted octanol–water partition coefficient (Wildman–Crippen LogP) is 1.98. The van der Waals surface area contributed by atoms with Crippen LogP contribution in [0.2, 0.25) is 0 Å². The van der Waals surface area contributed by atoms with Gasteiger partial charge in [0.05, 0.1) is 17.4 Å². The first-order valence-electron chi connectivity index (χ1n) is 6.80. The molecular weight excluding hydrogens is 284 g/mol. The van der Waals surface area contributed by atoms with E-state index in [9.17, 15) is 4.79 Å². The van der Waals surface area contributed by atoms with Crippen molar-refractivity contribution in [3.05, 3.63) is 42.4 Å². The molecule has 22 heavy (non-hydrogen) atoms. The highest BCUT2D eigenvalue weighted by Gasteiger charge is 2.14. The molecule has 7 heteroatoms. The van der Waals surface area contributed by atoms with Gasteiger partial charge in [-0.3, -0.25) is 4.79 Å². The number of carbonyl (C=O) groups excluding carboxylic acids is 1. The molecule has 3 aromatic rings. The van der Waals surface area contributed by atoms with Gasteiger partial charge in [-0.05, 0) is 18.2 Å². The third-order valence-corrected chi connectivity index (χ3v) is 3.34. The van der Waals surface area contributed by atoms with Gasteiger partial charge in [0.1, 0.15) is 13.2 Å². The van der Waals surface area contributed by atoms with Crippen LogP contribution in [0.5, 0.6) is 11.5 Å². The van der Waals surface area contributed by atoms with Crippen molar-refractivity contribution in [1.29, 1.82) is 0 Å². The van der Waals surface area contributed by atoms with Gasteiger partial charge in [0, 0.05) is 18.0 Å². The van der Waals surface area contributed by atoms with Crippen LogP contribution in [-0.2, 0) is 0 Å². The summed E-state index contributed by atoms with van der Waals surface area (Å²) in [6, 6.07) is 7.01. The van der Waals surface area contributed by atoms with Crippen LogP contribution in [0.15, 0.2) is 36.8 Å². The number of rotatable bonds is 2. The lowest BCUT2D eigenvalue weighted by Gasteiger charge is -2.19. The van der Waals surface area contributed by atoms with Crippen LogP contribution >= 0.6 is 0 Å². The first kappa shape index (κ1) is 12.6. The minimum atomic E-state index is -0.249. The van der Waals surface area contributed by atoms with E-state index in [1.165, 1.54) is 6.20 Å². The molecule has 4 rings (SSSR count). The number of aromatic nitrogens is 3. The second kappa shape index (κ2) is 5.03. The number of hydrogen-bond donors (Lipinski definition) is 2. The number of H-pyrrole nitrogens is 1. The molecule has 0 unspecified atom stereocenters. The van der Waals surface area contributed by atoms with Crippen molar-refractivity contribution in [2.75, 3.05) is 18.5 Å². The van der Waals surface area contributed by atoms with Crippen molar-refractivity contribution < 1.29 is 14.3 Å². The Hall–Kier alpha value is -3.09. The highest BCUT2D eigenvalue weighted by Crippen LogP contribution is 2.32. The molecule has 1 aromatic carbocycles. The maximum atomic E-state index is 12.3. The molecule has 0 saturated carbocycles. The zero-order valence-corrected chi connectivity index (χ0v) is 11.5. The minimum absolute atomic E-state index is 0.249. The summed E-state index contributed by atoms with van der Waals surface area (Å²) in [5, 5.41) is 2.82. The first-order valence-corrected chi connectivity index (χ1v) is 6.80. The molecule has 3 heterocycles. The van der Waals surface area contributed by atoms with Crippen LogP contribution in [0.3, 0.4) is 0 Å². The Bertz CT molecular complexity index is 859. The molecule has 1 aliphatic heterocycles. The molecule has 0 saturated heterocycles. The normalized spacial score (nSPS) is 13.1. The van der Waals surface area contributed by atoms with Gasteiger partial charge in [-0.25, -0.2) is 9.97 Å². The standard InChI is InChI=1S/C15H12N4O3/c20-15(9-5-11-14(16-7-9)18-8-17-11)19-10-1-2-12-13(6-10)22-4-3-21-12/h1-2,5-8H,3-4H2,(H,19,20)(H,16,17,18). The van der Waals surface area contributed by atoms with Gasteiger partial charge in [0.25, 0.3) is 5.91 Å². The number of pyridine rings is 1. The van der Waals surface area contributed by atoms with Crippen LogP contribution in [0.4, 0.5) is 5.69 Å². The number of aromatic amines is 1. The predicted molar refractivity (Wildman–Crippen MR) is 79.3 cm³/mol. The van der Waals surface area contributed by atoms with Crippen molar-refractivity contribution in [1.82, 2.24) is 15.0 Å². The lowest BCUT2D eigenvalue weighted by molar-refractivity contribution is 0.102. The number of nitrogens with one attached hydrogen (secondary N) is 2. The van der Waals surface area contributed by atoms with Gasteiger partial charge in [-0.2, -0.15) is 0 Å². The zero-order valence-electron chi connectivity index (χ0n) is 11.5. The van der Waals surface area contributed by atoms with Crippen molar-refractivity contribution in [2.45, 2.75) is 0 Å². The molecule has 1 amide bonds. The fourth-order valence-electron chi connectivity index (χ4n) is 2.28. The number of imidazole rings is 1. The van der Waals surface area contributed by atoms with Gasteiger partial charge < -0.3 is 19.8 Å². The molecule has 2 aromatic heterocycles. The molecular formula is C15H12N4O3. The van der Waals surface area contributed by atoms with E-state index < -0.39 is 0 Å². The Morgan fingerprint density at radius 1 is 1.14 bits per heavy atom. The van der Waals surface area contributed by atoms with E-state index in [0.29, 0.717) is 41.6 Å². The number of ether oxygens (including phenoxy) is 2. The van der Waals surface area contributed by atoms with E-state index >= 15 is 0 Å². The summed E-state index contributed by atoms with van der Waals surface area (Å²) in [7, 11) is 0. The number of anilines is 1. The molecule has 1 aliphatic rings. The lowest BCUT2D eigenvalue weighted by Crippen LogP contribution is -2.16. The van der Waals surface area contributed by atoms with Gasteiger partial charge in [0.2, 0.25) is 0 Å². The Balaban J connectivity index is 1.58. The number of hydrogen-bond acceptors (Lipinski definition) is 5. The second-order valence-corrected chi connectivity index (χ2v) is 4.81. The van der Waals surface area contributed by atoms with Crippen LogP contribution in [0.25, 0.3) is 11.2 Å². The largest absolute Gasteiger partial charge is 0.486 e. The summed E-state index contributed by atoms with van der Waals surface area (Å²) in [5.74, 6) is 1.07. The summed E-state index contributed by atoms with van der Waals surface area (Å²) in [5.41, 5.74) is 2.39. The van der Waals surface area contributed by atoms with Crippen molar-refractivity contribution in [3.8, 4) is 11.5 Å². The van der Waals surface area contributed by atoms with Gasteiger partial charge in [-0.15, -0.1) is 0 Å². The number of nitrogens with zero attached hydrogens (tertiary/aromatic N) is 2. The molecule has 0 bridgehead atoms. The molecule has 0 spiro atoms. The molecule has 0 radical (unpaired) electrons. The van der Waals surface area contributed by atoms with Crippen LogP contribution < -0.4 is 14.8 Å². The molecule has 0 fully saturated rings. The van der Waals surface area contributed by atoms with Crippen LogP contribution in [0, 0.1) is 0 Å². The highest BCUT2D eigenvalue weighted by atomic mass is 16.6. The van der Waals surface area contributed by atoms with E-state index in [1.807, 2.05) is 0 Å². The number of benzene rings is 1. The maximum Gasteiger partial charge on any atom is 0.257 e. The molecule has 7 nitrogen and oxygen atoms in total. The smallest absolute Gasteiger partial charge is 0.257 e. The maximum absolute atomic E-state index is 12.3. The molecule has 0 atom stereocenters. The Labute approximate surface area is 125 Å². The minimum Gasteiger partial charge on any atom is -0.486 e. The monoisotopic (exact) mass is 296 g/mol. The van der Waals surface area contributed by atoms with E-state index in [2.05, 4.69) is 20.3 Å². The number of amides is 1. The van der Waals surface area contributed by atoms with Crippen molar-refractivity contribution >= 4 is 22.8 Å². The van der Waals surface area contributed by atoms with Gasteiger partial charge in [0.15, 0.2) is 17.1 Å². The van der Waals surface area contributed by atoms with Gasteiger partial charge in [-0.1, -0.05) is 0 Å². The van der Waals surface area contributed by atoms with E-state index in [0.717, 1.165) is 5.52 Å². The van der Waals surface area contributed by atoms with E-state index in [4.69, 9.17) is 9.47 Å². The van der Waals surface area contributed by atoms with Crippen LogP contribution in [-0.4, -0.2) is 34.1 Å².